The molecule has 100 valence electrons. The van der Waals surface area contributed by atoms with Crippen molar-refractivity contribution in [3.63, 3.8) is 0 Å². The molecular formula is C12H19N3O3. The number of hydrogen-bond acceptors (Lipinski definition) is 5. The number of aromatic carboxylic acids is 1. The summed E-state index contributed by atoms with van der Waals surface area (Å²) in [5.41, 5.74) is -0.357. The van der Waals surface area contributed by atoms with Gasteiger partial charge in [0.25, 0.3) is 0 Å². The third-order valence-corrected chi connectivity index (χ3v) is 3.37. The summed E-state index contributed by atoms with van der Waals surface area (Å²) in [4.78, 5) is 18.7. The average Bonchev–Trinajstić information content (AvgIpc) is 2.41. The van der Waals surface area contributed by atoms with E-state index in [4.69, 9.17) is 5.11 Å². The Morgan fingerprint density at radius 2 is 1.94 bits per heavy atom. The molecule has 6 nitrogen and oxygen atoms in total. The van der Waals surface area contributed by atoms with Gasteiger partial charge in [0.1, 0.15) is 0 Å². The van der Waals surface area contributed by atoms with Gasteiger partial charge in [-0.2, -0.15) is 0 Å². The summed E-state index contributed by atoms with van der Waals surface area (Å²) < 4.78 is 0. The molecule has 0 aromatic carbocycles. The van der Waals surface area contributed by atoms with Crippen molar-refractivity contribution in [1.82, 2.24) is 9.97 Å². The van der Waals surface area contributed by atoms with E-state index in [1.54, 1.807) is 0 Å². The monoisotopic (exact) mass is 253 g/mol. The second-order valence-corrected chi connectivity index (χ2v) is 4.28. The third kappa shape index (κ3) is 3.16. The van der Waals surface area contributed by atoms with Crippen LogP contribution in [0.3, 0.4) is 0 Å². The van der Waals surface area contributed by atoms with Crippen LogP contribution in [0.25, 0.3) is 0 Å². The van der Waals surface area contributed by atoms with E-state index < -0.39 is 5.97 Å². The molecule has 0 atom stereocenters. The highest BCUT2D eigenvalue weighted by molar-refractivity contribution is 5.90. The van der Waals surface area contributed by atoms with Crippen LogP contribution >= 0.6 is 0 Å². The first-order valence-corrected chi connectivity index (χ1v) is 5.97. The molecule has 0 amide bonds. The molecule has 0 fully saturated rings. The Balaban J connectivity index is 2.83. The molecule has 0 bridgehead atoms. The third-order valence-electron chi connectivity index (χ3n) is 3.37. The van der Waals surface area contributed by atoms with Crippen LogP contribution in [-0.4, -0.2) is 39.3 Å². The van der Waals surface area contributed by atoms with Gasteiger partial charge in [0.2, 0.25) is 0 Å². The number of hydrogen-bond donors (Lipinski definition) is 3. The highest BCUT2D eigenvalue weighted by atomic mass is 16.4. The number of carbonyl (C=O) groups is 1. The summed E-state index contributed by atoms with van der Waals surface area (Å²) in [6, 6.07) is 0. The standard InChI is InChI=1S/C12H19N3O3/c1-3-12(4-2,8-16)7-15-10-9(11(17)18)13-5-6-14-10/h5-6,16H,3-4,7-8H2,1-2H3,(H,14,15)(H,17,18). The van der Waals surface area contributed by atoms with Crippen LogP contribution in [0.15, 0.2) is 12.4 Å². The summed E-state index contributed by atoms with van der Waals surface area (Å²) in [6.45, 7) is 4.51. The van der Waals surface area contributed by atoms with Gasteiger partial charge in [0.05, 0.1) is 6.61 Å². The van der Waals surface area contributed by atoms with Crippen LogP contribution in [0.4, 0.5) is 5.82 Å². The number of carboxylic acid groups (broad SMARTS) is 1. The maximum atomic E-state index is 11.0. The minimum absolute atomic E-state index is 0.0513. The molecule has 0 aliphatic heterocycles. The van der Waals surface area contributed by atoms with Crippen molar-refractivity contribution in [3.8, 4) is 0 Å². The van der Waals surface area contributed by atoms with Gasteiger partial charge < -0.3 is 15.5 Å². The topological polar surface area (TPSA) is 95.3 Å². The van der Waals surface area contributed by atoms with Gasteiger partial charge in [-0.25, -0.2) is 14.8 Å². The predicted octanol–water partition coefficient (Wildman–Crippen LogP) is 1.39. The van der Waals surface area contributed by atoms with Crippen molar-refractivity contribution in [2.45, 2.75) is 26.7 Å². The summed E-state index contributed by atoms with van der Waals surface area (Å²) in [7, 11) is 0. The summed E-state index contributed by atoms with van der Waals surface area (Å²) in [5.74, 6) is -0.877. The number of nitrogens with one attached hydrogen (secondary N) is 1. The Morgan fingerprint density at radius 3 is 2.44 bits per heavy atom. The summed E-state index contributed by atoms with van der Waals surface area (Å²) in [5, 5.41) is 21.4. The molecule has 0 saturated heterocycles. The number of rotatable bonds is 7. The molecular weight excluding hydrogens is 234 g/mol. The van der Waals surface area contributed by atoms with Crippen molar-refractivity contribution < 1.29 is 15.0 Å². The van der Waals surface area contributed by atoms with Crippen molar-refractivity contribution >= 4 is 11.8 Å². The maximum absolute atomic E-state index is 11.0. The lowest BCUT2D eigenvalue weighted by molar-refractivity contribution is 0.0691. The average molecular weight is 253 g/mol. The first-order valence-electron chi connectivity index (χ1n) is 5.97. The highest BCUT2D eigenvalue weighted by Gasteiger charge is 2.26. The Hall–Kier alpha value is -1.69. The van der Waals surface area contributed by atoms with Gasteiger partial charge in [0.15, 0.2) is 11.5 Å². The van der Waals surface area contributed by atoms with Gasteiger partial charge in [-0.05, 0) is 12.8 Å². The predicted molar refractivity (Wildman–Crippen MR) is 67.6 cm³/mol. The fraction of sp³-hybridized carbons (Fsp3) is 0.583. The number of aliphatic hydroxyl groups excluding tert-OH is 1. The van der Waals surface area contributed by atoms with Gasteiger partial charge in [-0.3, -0.25) is 0 Å². The zero-order valence-electron chi connectivity index (χ0n) is 10.7. The molecule has 0 unspecified atom stereocenters. The maximum Gasteiger partial charge on any atom is 0.358 e. The fourth-order valence-corrected chi connectivity index (χ4v) is 1.67. The minimum Gasteiger partial charge on any atom is -0.476 e. The molecule has 0 spiro atoms. The summed E-state index contributed by atoms with van der Waals surface area (Å²) in [6.07, 6.45) is 4.38. The molecule has 3 N–H and O–H groups in total. The van der Waals surface area contributed by atoms with Gasteiger partial charge in [0, 0.05) is 24.4 Å². The van der Waals surface area contributed by atoms with Crippen LogP contribution in [-0.2, 0) is 0 Å². The number of carboxylic acids is 1. The van der Waals surface area contributed by atoms with Crippen LogP contribution in [0.1, 0.15) is 37.2 Å². The van der Waals surface area contributed by atoms with Gasteiger partial charge in [-0.1, -0.05) is 13.8 Å². The summed E-state index contributed by atoms with van der Waals surface area (Å²) >= 11 is 0. The van der Waals surface area contributed by atoms with Crippen LogP contribution in [0.5, 0.6) is 0 Å². The molecule has 1 aromatic heterocycles. The molecule has 1 heterocycles. The Bertz CT molecular complexity index is 397. The lowest BCUT2D eigenvalue weighted by atomic mass is 9.83. The van der Waals surface area contributed by atoms with Crippen LogP contribution in [0.2, 0.25) is 0 Å². The van der Waals surface area contributed by atoms with E-state index in [0.717, 1.165) is 12.8 Å². The zero-order valence-corrected chi connectivity index (χ0v) is 10.7. The van der Waals surface area contributed by atoms with E-state index in [0.29, 0.717) is 6.54 Å². The van der Waals surface area contributed by atoms with Crippen molar-refractivity contribution in [2.24, 2.45) is 5.41 Å². The molecule has 0 aliphatic carbocycles. The van der Waals surface area contributed by atoms with E-state index in [1.807, 2.05) is 13.8 Å². The SMILES string of the molecule is CCC(CC)(CO)CNc1nccnc1C(=O)O. The molecule has 0 saturated carbocycles. The zero-order chi connectivity index (χ0) is 13.6. The second kappa shape index (κ2) is 6.30. The van der Waals surface area contributed by atoms with Crippen LogP contribution < -0.4 is 5.32 Å². The number of aromatic nitrogens is 2. The second-order valence-electron chi connectivity index (χ2n) is 4.28. The molecule has 1 rings (SSSR count). The quantitative estimate of drug-likeness (QED) is 0.679. The van der Waals surface area contributed by atoms with E-state index >= 15 is 0 Å². The van der Waals surface area contributed by atoms with E-state index in [1.165, 1.54) is 12.4 Å². The minimum atomic E-state index is -1.12. The number of anilines is 1. The normalized spacial score (nSPS) is 11.3. The van der Waals surface area contributed by atoms with E-state index in [-0.39, 0.29) is 23.5 Å². The molecule has 0 aliphatic rings. The molecule has 18 heavy (non-hydrogen) atoms. The first-order chi connectivity index (χ1) is 8.58. The van der Waals surface area contributed by atoms with Crippen molar-refractivity contribution in [3.05, 3.63) is 18.1 Å². The lowest BCUT2D eigenvalue weighted by Gasteiger charge is -2.29. The van der Waals surface area contributed by atoms with E-state index in [2.05, 4.69) is 15.3 Å². The molecule has 6 heteroatoms. The number of aliphatic hydroxyl groups is 1. The van der Waals surface area contributed by atoms with Crippen molar-refractivity contribution in [2.75, 3.05) is 18.5 Å². The van der Waals surface area contributed by atoms with E-state index in [9.17, 15) is 9.90 Å². The Morgan fingerprint density at radius 1 is 1.33 bits per heavy atom. The molecule has 1 aromatic rings. The lowest BCUT2D eigenvalue weighted by Crippen LogP contribution is -2.33. The van der Waals surface area contributed by atoms with Gasteiger partial charge in [-0.15, -0.1) is 0 Å². The largest absolute Gasteiger partial charge is 0.476 e. The van der Waals surface area contributed by atoms with Crippen molar-refractivity contribution in [1.29, 1.82) is 0 Å². The Labute approximate surface area is 106 Å². The first kappa shape index (κ1) is 14.4. The Kier molecular flexibility index (Phi) is 5.03. The smallest absolute Gasteiger partial charge is 0.358 e. The molecule has 0 radical (unpaired) electrons. The number of nitrogens with zero attached hydrogens (tertiary/aromatic N) is 2. The fourth-order valence-electron chi connectivity index (χ4n) is 1.67. The van der Waals surface area contributed by atoms with Gasteiger partial charge >= 0.3 is 5.97 Å². The van der Waals surface area contributed by atoms with Crippen LogP contribution in [0, 0.1) is 5.41 Å². The highest BCUT2D eigenvalue weighted by Crippen LogP contribution is 2.26.